The van der Waals surface area contributed by atoms with Crippen molar-refractivity contribution in [3.8, 4) is 11.5 Å². The van der Waals surface area contributed by atoms with Crippen LogP contribution in [0.25, 0.3) is 0 Å². The third kappa shape index (κ3) is 3.12. The van der Waals surface area contributed by atoms with Gasteiger partial charge in [-0.05, 0) is 6.07 Å². The molecule has 1 aromatic heterocycles. The van der Waals surface area contributed by atoms with Crippen molar-refractivity contribution in [3.05, 3.63) is 35.1 Å². The van der Waals surface area contributed by atoms with Crippen molar-refractivity contribution in [1.29, 1.82) is 0 Å². The Morgan fingerprint density at radius 1 is 1.26 bits per heavy atom. The van der Waals surface area contributed by atoms with E-state index in [2.05, 4.69) is 10.4 Å². The highest BCUT2D eigenvalue weighted by molar-refractivity contribution is 6.32. The quantitative estimate of drug-likeness (QED) is 0.915. The molecule has 0 spiro atoms. The number of aryl methyl sites for hydroxylation is 1. The monoisotopic (exact) mass is 281 g/mol. The van der Waals surface area contributed by atoms with Crippen LogP contribution in [0, 0.1) is 0 Å². The molecule has 0 radical (unpaired) electrons. The first-order chi connectivity index (χ1) is 9.13. The Morgan fingerprint density at radius 2 is 2.00 bits per heavy atom. The maximum atomic E-state index is 6.05. The number of methoxy groups -OCH3 is 2. The fourth-order valence-electron chi connectivity index (χ4n) is 1.74. The summed E-state index contributed by atoms with van der Waals surface area (Å²) in [4.78, 5) is 0. The highest BCUT2D eigenvalue weighted by Crippen LogP contribution is 2.35. The molecule has 19 heavy (non-hydrogen) atoms. The molecular weight excluding hydrogens is 266 g/mol. The summed E-state index contributed by atoms with van der Waals surface area (Å²) in [6, 6.07) is 5.48. The number of aromatic nitrogens is 2. The van der Waals surface area contributed by atoms with Crippen molar-refractivity contribution in [3.63, 3.8) is 0 Å². The smallest absolute Gasteiger partial charge is 0.143 e. The van der Waals surface area contributed by atoms with Crippen molar-refractivity contribution in [2.75, 3.05) is 19.5 Å². The predicted molar refractivity (Wildman–Crippen MR) is 75.1 cm³/mol. The van der Waals surface area contributed by atoms with Crippen LogP contribution in [0.4, 0.5) is 5.69 Å². The van der Waals surface area contributed by atoms with Crippen molar-refractivity contribution < 1.29 is 9.47 Å². The first kappa shape index (κ1) is 13.5. The molecule has 0 aliphatic heterocycles. The van der Waals surface area contributed by atoms with Crippen molar-refractivity contribution >= 4 is 17.3 Å². The maximum absolute atomic E-state index is 6.05. The molecule has 0 aliphatic rings. The van der Waals surface area contributed by atoms with E-state index in [1.165, 1.54) is 0 Å². The van der Waals surface area contributed by atoms with Crippen molar-refractivity contribution in [2.24, 2.45) is 7.05 Å². The molecule has 0 unspecified atom stereocenters. The van der Waals surface area contributed by atoms with Crippen LogP contribution >= 0.6 is 11.6 Å². The Labute approximate surface area is 117 Å². The van der Waals surface area contributed by atoms with E-state index in [9.17, 15) is 0 Å². The number of nitrogens with zero attached hydrogens (tertiary/aromatic N) is 2. The molecule has 1 aromatic carbocycles. The molecule has 5 nitrogen and oxygen atoms in total. The minimum Gasteiger partial charge on any atom is -0.495 e. The molecular formula is C13H16ClN3O2. The minimum absolute atomic E-state index is 0.516. The Kier molecular flexibility index (Phi) is 4.16. The van der Waals surface area contributed by atoms with E-state index >= 15 is 0 Å². The molecule has 0 aliphatic carbocycles. The Balaban J connectivity index is 2.18. The van der Waals surface area contributed by atoms with Crippen molar-refractivity contribution in [1.82, 2.24) is 9.78 Å². The third-order valence-corrected chi connectivity index (χ3v) is 3.00. The zero-order valence-corrected chi connectivity index (χ0v) is 11.9. The first-order valence-electron chi connectivity index (χ1n) is 5.78. The lowest BCUT2D eigenvalue weighted by molar-refractivity contribution is 0.404. The lowest BCUT2D eigenvalue weighted by Gasteiger charge is -2.13. The summed E-state index contributed by atoms with van der Waals surface area (Å²) < 4.78 is 12.2. The zero-order chi connectivity index (χ0) is 13.8. The van der Waals surface area contributed by atoms with Gasteiger partial charge in [0.1, 0.15) is 11.5 Å². The number of halogens is 1. The van der Waals surface area contributed by atoms with Crippen LogP contribution in [0.15, 0.2) is 24.4 Å². The average Bonchev–Trinajstić information content (AvgIpc) is 2.82. The van der Waals surface area contributed by atoms with Crippen LogP contribution in [-0.4, -0.2) is 24.0 Å². The van der Waals surface area contributed by atoms with Crippen molar-refractivity contribution in [2.45, 2.75) is 6.54 Å². The van der Waals surface area contributed by atoms with E-state index < -0.39 is 0 Å². The van der Waals surface area contributed by atoms with Crippen LogP contribution in [0.3, 0.4) is 0 Å². The van der Waals surface area contributed by atoms with Gasteiger partial charge >= 0.3 is 0 Å². The number of hydrogen-bond donors (Lipinski definition) is 1. The number of ether oxygens (including phenoxy) is 2. The van der Waals surface area contributed by atoms with E-state index in [1.807, 2.05) is 25.4 Å². The van der Waals surface area contributed by atoms with Crippen LogP contribution < -0.4 is 14.8 Å². The number of rotatable bonds is 5. The van der Waals surface area contributed by atoms with Crippen LogP contribution in [-0.2, 0) is 13.6 Å². The molecule has 1 N–H and O–H groups in total. The topological polar surface area (TPSA) is 48.3 Å². The summed E-state index contributed by atoms with van der Waals surface area (Å²) in [6.07, 6.45) is 1.90. The standard InChI is InChI=1S/C13H16ClN3O2/c1-17-5-4-9(16-17)8-15-11-7-12(18-2)10(14)6-13(11)19-3/h4-7,15H,8H2,1-3H3. The van der Waals surface area contributed by atoms with Gasteiger partial charge in [-0.15, -0.1) is 0 Å². The van der Waals surface area contributed by atoms with Gasteiger partial charge < -0.3 is 14.8 Å². The lowest BCUT2D eigenvalue weighted by Crippen LogP contribution is -2.03. The molecule has 0 atom stereocenters. The van der Waals surface area contributed by atoms with Gasteiger partial charge in [0.2, 0.25) is 0 Å². The molecule has 2 rings (SSSR count). The number of nitrogens with one attached hydrogen (secondary N) is 1. The Morgan fingerprint density at radius 3 is 2.58 bits per heavy atom. The predicted octanol–water partition coefficient (Wildman–Crippen LogP) is 2.70. The van der Waals surface area contributed by atoms with E-state index in [0.717, 1.165) is 11.4 Å². The largest absolute Gasteiger partial charge is 0.495 e. The fraction of sp³-hybridized carbons (Fsp3) is 0.308. The molecule has 0 amide bonds. The molecule has 102 valence electrons. The summed E-state index contributed by atoms with van der Waals surface area (Å²) in [6.45, 7) is 0.599. The minimum atomic E-state index is 0.516. The second kappa shape index (κ2) is 5.84. The molecule has 0 bridgehead atoms. The summed E-state index contributed by atoms with van der Waals surface area (Å²) in [5.74, 6) is 1.27. The van der Waals surface area contributed by atoms with Gasteiger partial charge in [-0.25, -0.2) is 0 Å². The molecule has 0 fully saturated rings. The van der Waals surface area contributed by atoms with E-state index in [0.29, 0.717) is 23.1 Å². The summed E-state index contributed by atoms with van der Waals surface area (Å²) >= 11 is 6.05. The second-order valence-electron chi connectivity index (χ2n) is 4.02. The van der Waals surface area contributed by atoms with Crippen LogP contribution in [0.1, 0.15) is 5.69 Å². The van der Waals surface area contributed by atoms with E-state index in [-0.39, 0.29) is 0 Å². The number of anilines is 1. The average molecular weight is 282 g/mol. The van der Waals surface area contributed by atoms with Gasteiger partial charge in [-0.2, -0.15) is 5.10 Å². The summed E-state index contributed by atoms with van der Waals surface area (Å²) in [5, 5.41) is 8.07. The normalized spacial score (nSPS) is 10.3. The first-order valence-corrected chi connectivity index (χ1v) is 6.15. The highest BCUT2D eigenvalue weighted by atomic mass is 35.5. The van der Waals surface area contributed by atoms with E-state index in [4.69, 9.17) is 21.1 Å². The zero-order valence-electron chi connectivity index (χ0n) is 11.1. The van der Waals surface area contributed by atoms with Gasteiger partial charge in [0.25, 0.3) is 0 Å². The second-order valence-corrected chi connectivity index (χ2v) is 4.43. The van der Waals surface area contributed by atoms with Gasteiger partial charge in [-0.3, -0.25) is 4.68 Å². The third-order valence-electron chi connectivity index (χ3n) is 2.70. The SMILES string of the molecule is COc1cc(NCc2ccn(C)n2)c(OC)cc1Cl. The highest BCUT2D eigenvalue weighted by Gasteiger charge is 2.10. The lowest BCUT2D eigenvalue weighted by atomic mass is 10.2. The summed E-state index contributed by atoms with van der Waals surface area (Å²) in [7, 11) is 5.07. The molecule has 1 heterocycles. The Bertz CT molecular complexity index is 569. The molecule has 2 aromatic rings. The summed E-state index contributed by atoms with van der Waals surface area (Å²) in [5.41, 5.74) is 1.76. The van der Waals surface area contributed by atoms with Crippen LogP contribution in [0.2, 0.25) is 5.02 Å². The Hall–Kier alpha value is -1.88. The number of hydrogen-bond acceptors (Lipinski definition) is 4. The molecule has 6 heteroatoms. The van der Waals surface area contributed by atoms with E-state index in [1.54, 1.807) is 25.0 Å². The number of benzene rings is 1. The van der Waals surface area contributed by atoms with Crippen LogP contribution in [0.5, 0.6) is 11.5 Å². The van der Waals surface area contributed by atoms with Gasteiger partial charge in [-0.1, -0.05) is 11.6 Å². The van der Waals surface area contributed by atoms with Gasteiger partial charge in [0.05, 0.1) is 37.2 Å². The maximum Gasteiger partial charge on any atom is 0.143 e. The van der Waals surface area contributed by atoms with Gasteiger partial charge in [0, 0.05) is 25.4 Å². The molecule has 0 saturated carbocycles. The fourth-order valence-corrected chi connectivity index (χ4v) is 1.97. The van der Waals surface area contributed by atoms with Gasteiger partial charge in [0.15, 0.2) is 0 Å². The molecule has 0 saturated heterocycles.